The monoisotopic (exact) mass is 566 g/mol. The summed E-state index contributed by atoms with van der Waals surface area (Å²) >= 11 is 14.8. The van der Waals surface area contributed by atoms with Crippen molar-refractivity contribution >= 4 is 63.7 Å². The number of hydrogen-bond donors (Lipinski definition) is 0. The topological polar surface area (TPSA) is 0 Å². The van der Waals surface area contributed by atoms with Gasteiger partial charge >= 0.3 is 0 Å². The van der Waals surface area contributed by atoms with Gasteiger partial charge in [-0.15, -0.1) is 0 Å². The molecule has 0 rings (SSSR count). The number of hydrogen-bond acceptors (Lipinski definition) is 0. The molecule has 0 aromatic heterocycles. The summed E-state index contributed by atoms with van der Waals surface area (Å²) in [5, 5.41) is 2.33. The normalized spacial score (nSPS) is 14.2. The van der Waals surface area contributed by atoms with E-state index in [0.717, 1.165) is 5.33 Å². The smallest absolute Gasteiger partial charge is 0.0271 e. The van der Waals surface area contributed by atoms with Crippen molar-refractivity contribution in [1.82, 2.24) is 0 Å². The minimum Gasteiger partial charge on any atom is -0.0928 e. The Morgan fingerprint density at radius 1 is 0.409 bits per heavy atom. The van der Waals surface area contributed by atoms with Gasteiger partial charge in [0.2, 0.25) is 0 Å². The maximum absolute atomic E-state index is 3.88. The second-order valence-corrected chi connectivity index (χ2v) is 10.2. The summed E-state index contributed by atoms with van der Waals surface area (Å²) in [5.41, 5.74) is 0. The van der Waals surface area contributed by atoms with Gasteiger partial charge in [-0.05, 0) is 25.7 Å². The lowest BCUT2D eigenvalue weighted by Gasteiger charge is -2.16. The molecule has 0 radical (unpaired) electrons. The first kappa shape index (κ1) is 23.9. The van der Waals surface area contributed by atoms with Gasteiger partial charge in [-0.1, -0.05) is 128 Å². The average Bonchev–Trinajstić information content (AvgIpc) is 2.52. The van der Waals surface area contributed by atoms with Gasteiger partial charge in [-0.3, -0.25) is 0 Å². The summed E-state index contributed by atoms with van der Waals surface area (Å²) in [4.78, 5) is 1.31. The van der Waals surface area contributed by atoms with Gasteiger partial charge in [0, 0.05) is 20.3 Å². The fourth-order valence-electron chi connectivity index (χ4n) is 2.64. The van der Waals surface area contributed by atoms with Gasteiger partial charge < -0.3 is 0 Å². The molecule has 0 N–H and O–H groups in total. The van der Waals surface area contributed by atoms with E-state index in [9.17, 15) is 0 Å². The van der Waals surface area contributed by atoms with Crippen molar-refractivity contribution in [3.63, 3.8) is 0 Å². The molecule has 2 atom stereocenters. The predicted molar refractivity (Wildman–Crippen MR) is 118 cm³/mol. The Kier molecular flexibility index (Phi) is 20.9. The summed E-state index contributed by atoms with van der Waals surface area (Å²) in [6, 6.07) is 0. The number of alkyl halides is 4. The first-order valence-corrected chi connectivity index (χ1v) is 13.2. The van der Waals surface area contributed by atoms with Crippen LogP contribution in [0.15, 0.2) is 0 Å². The minimum atomic E-state index is 0.655. The molecule has 134 valence electrons. The molecule has 0 saturated heterocycles. The minimum absolute atomic E-state index is 0.655. The first-order valence-electron chi connectivity index (χ1n) is 9.12. The Morgan fingerprint density at radius 3 is 1.00 bits per heavy atom. The zero-order chi connectivity index (χ0) is 16.5. The van der Waals surface area contributed by atoms with E-state index in [1.165, 1.54) is 95.2 Å². The second-order valence-electron chi connectivity index (χ2n) is 6.23. The zero-order valence-electron chi connectivity index (χ0n) is 14.0. The van der Waals surface area contributed by atoms with Crippen LogP contribution in [-0.4, -0.2) is 20.3 Å². The summed E-state index contributed by atoms with van der Waals surface area (Å²) in [6.07, 6.45) is 19.3. The van der Waals surface area contributed by atoms with Crippen LogP contribution in [-0.2, 0) is 0 Å². The van der Waals surface area contributed by atoms with E-state index in [0.29, 0.717) is 9.65 Å². The lowest BCUT2D eigenvalue weighted by Crippen LogP contribution is -2.13. The van der Waals surface area contributed by atoms with Crippen LogP contribution in [0.3, 0.4) is 0 Å². The lowest BCUT2D eigenvalue weighted by molar-refractivity contribution is 0.551. The van der Waals surface area contributed by atoms with Gasteiger partial charge in [0.1, 0.15) is 0 Å². The van der Waals surface area contributed by atoms with Crippen LogP contribution in [0.25, 0.3) is 0 Å². The highest BCUT2D eigenvalue weighted by molar-refractivity contribution is 9.12. The highest BCUT2D eigenvalue weighted by Crippen LogP contribution is 2.25. The third kappa shape index (κ3) is 16.8. The van der Waals surface area contributed by atoms with Gasteiger partial charge in [0.05, 0.1) is 0 Å². The third-order valence-electron chi connectivity index (χ3n) is 4.12. The standard InChI is InChI=1S/C18H34Br4/c19-15-11-7-3-1-2-5-9-13-17(21)18(22)14-10-6-4-8-12-16-20/h17-18H,1-16H2. The molecule has 0 bridgehead atoms. The first-order chi connectivity index (χ1) is 10.7. The van der Waals surface area contributed by atoms with E-state index >= 15 is 0 Å². The molecular formula is C18H34Br4. The van der Waals surface area contributed by atoms with Crippen LogP contribution < -0.4 is 0 Å². The van der Waals surface area contributed by atoms with E-state index in [-0.39, 0.29) is 0 Å². The fourth-order valence-corrected chi connectivity index (χ4v) is 4.61. The Labute approximate surface area is 172 Å². The third-order valence-corrected chi connectivity index (χ3v) is 8.14. The average molecular weight is 570 g/mol. The SMILES string of the molecule is BrCCCCCCCCCC(Br)C(Br)CCCCCCCBr. The van der Waals surface area contributed by atoms with E-state index in [2.05, 4.69) is 63.7 Å². The number of halogens is 4. The molecule has 0 aliphatic heterocycles. The summed E-state index contributed by atoms with van der Waals surface area (Å²) in [5.74, 6) is 0. The molecule has 4 heteroatoms. The van der Waals surface area contributed by atoms with Crippen LogP contribution in [0.5, 0.6) is 0 Å². The second kappa shape index (κ2) is 19.2. The Bertz CT molecular complexity index is 211. The van der Waals surface area contributed by atoms with E-state index in [1.807, 2.05) is 0 Å². The number of rotatable bonds is 17. The van der Waals surface area contributed by atoms with Gasteiger partial charge in [-0.2, -0.15) is 0 Å². The Hall–Kier alpha value is 1.92. The Balaban J connectivity index is 3.33. The van der Waals surface area contributed by atoms with Crippen molar-refractivity contribution in [1.29, 1.82) is 0 Å². The van der Waals surface area contributed by atoms with Crippen molar-refractivity contribution in [3.8, 4) is 0 Å². The highest BCUT2D eigenvalue weighted by atomic mass is 79.9. The molecule has 0 fully saturated rings. The van der Waals surface area contributed by atoms with Crippen LogP contribution in [0.2, 0.25) is 0 Å². The highest BCUT2D eigenvalue weighted by Gasteiger charge is 2.14. The van der Waals surface area contributed by atoms with Gasteiger partial charge in [0.25, 0.3) is 0 Å². The van der Waals surface area contributed by atoms with E-state index in [1.54, 1.807) is 0 Å². The molecule has 0 heterocycles. The van der Waals surface area contributed by atoms with Crippen LogP contribution in [0, 0.1) is 0 Å². The zero-order valence-corrected chi connectivity index (χ0v) is 20.3. The van der Waals surface area contributed by atoms with Crippen molar-refractivity contribution in [2.75, 3.05) is 10.7 Å². The molecule has 0 saturated carbocycles. The molecule has 22 heavy (non-hydrogen) atoms. The van der Waals surface area contributed by atoms with Crippen LogP contribution in [0.4, 0.5) is 0 Å². The quantitative estimate of drug-likeness (QED) is 0.121. The maximum Gasteiger partial charge on any atom is 0.0271 e. The van der Waals surface area contributed by atoms with Crippen molar-refractivity contribution in [2.45, 2.75) is 99.5 Å². The molecule has 2 unspecified atom stereocenters. The Morgan fingerprint density at radius 2 is 0.682 bits per heavy atom. The molecular weight excluding hydrogens is 536 g/mol. The number of unbranched alkanes of at least 4 members (excludes halogenated alkanes) is 10. The van der Waals surface area contributed by atoms with E-state index in [4.69, 9.17) is 0 Å². The maximum atomic E-state index is 3.88. The molecule has 0 spiro atoms. The molecule has 0 nitrogen and oxygen atoms in total. The van der Waals surface area contributed by atoms with Gasteiger partial charge in [-0.25, -0.2) is 0 Å². The van der Waals surface area contributed by atoms with Crippen LogP contribution >= 0.6 is 63.7 Å². The van der Waals surface area contributed by atoms with E-state index < -0.39 is 0 Å². The summed E-state index contributed by atoms with van der Waals surface area (Å²) in [6.45, 7) is 0. The molecule has 0 aliphatic carbocycles. The lowest BCUT2D eigenvalue weighted by atomic mass is 10.0. The molecule has 0 amide bonds. The van der Waals surface area contributed by atoms with Crippen molar-refractivity contribution < 1.29 is 0 Å². The molecule has 0 aliphatic rings. The van der Waals surface area contributed by atoms with Crippen molar-refractivity contribution in [3.05, 3.63) is 0 Å². The summed E-state index contributed by atoms with van der Waals surface area (Å²) < 4.78 is 0. The molecule has 0 aromatic rings. The summed E-state index contributed by atoms with van der Waals surface area (Å²) in [7, 11) is 0. The van der Waals surface area contributed by atoms with Gasteiger partial charge in [0.15, 0.2) is 0 Å². The van der Waals surface area contributed by atoms with Crippen molar-refractivity contribution in [2.24, 2.45) is 0 Å². The fraction of sp³-hybridized carbons (Fsp3) is 1.00. The molecule has 0 aromatic carbocycles. The predicted octanol–water partition coefficient (Wildman–Crippen LogP) is 8.76. The van der Waals surface area contributed by atoms with Crippen LogP contribution in [0.1, 0.15) is 89.9 Å². The largest absolute Gasteiger partial charge is 0.0928 e.